The molecule has 0 saturated heterocycles. The van der Waals surface area contributed by atoms with Gasteiger partial charge in [0.05, 0.1) is 5.52 Å². The average molecular weight is 485 g/mol. The predicted octanol–water partition coefficient (Wildman–Crippen LogP) is 7.48. The highest BCUT2D eigenvalue weighted by atomic mass is 19.1. The zero-order valence-corrected chi connectivity index (χ0v) is 19.7. The third kappa shape index (κ3) is 3.70. The van der Waals surface area contributed by atoms with Crippen molar-refractivity contribution in [3.63, 3.8) is 0 Å². The second kappa shape index (κ2) is 9.24. The molecule has 0 fully saturated rings. The maximum atomic E-state index is 14.2. The molecule has 0 radical (unpaired) electrons. The quantitative estimate of drug-likeness (QED) is 0.140. The van der Waals surface area contributed by atoms with E-state index >= 15 is 0 Å². The van der Waals surface area contributed by atoms with Gasteiger partial charge >= 0.3 is 0 Å². The summed E-state index contributed by atoms with van der Waals surface area (Å²) >= 11 is 0. The molecule has 0 amide bonds. The number of hydrogen-bond donors (Lipinski definition) is 0. The zero-order chi connectivity index (χ0) is 25.2. The maximum Gasteiger partial charge on any atom is 0.213 e. The maximum absolute atomic E-state index is 14.2. The van der Waals surface area contributed by atoms with Crippen molar-refractivity contribution in [3.05, 3.63) is 155 Å². The lowest BCUT2D eigenvalue weighted by Gasteiger charge is -2.37. The number of rotatable bonds is 6. The Morgan fingerprint density at radius 1 is 0.703 bits per heavy atom. The van der Waals surface area contributed by atoms with Gasteiger partial charge in [0.25, 0.3) is 0 Å². The van der Waals surface area contributed by atoms with Crippen LogP contribution in [0.15, 0.2) is 133 Å². The van der Waals surface area contributed by atoms with E-state index in [1.807, 2.05) is 65.3 Å². The Morgan fingerprint density at radius 3 is 1.78 bits per heavy atom. The summed E-state index contributed by atoms with van der Waals surface area (Å²) in [5.41, 5.74) is 4.27. The number of nitrogens with zero attached hydrogens (tertiary/aromatic N) is 4. The molecule has 0 bridgehead atoms. The van der Waals surface area contributed by atoms with Crippen LogP contribution in [0.2, 0.25) is 0 Å². The van der Waals surface area contributed by atoms with Crippen LogP contribution in [0.5, 0.6) is 0 Å². The van der Waals surface area contributed by atoms with E-state index in [2.05, 4.69) is 46.6 Å². The Bertz CT molecular complexity index is 1600. The van der Waals surface area contributed by atoms with Crippen LogP contribution in [-0.2, 0) is 5.54 Å². The standard InChI is InChI=1S/C31H21FN4O/c32-29-20-22(18-19-33-29)30-27-21-26(35-37)16-17-28(27)36(34-30)31(23-10-4-1-5-11-23,24-12-6-2-7-13-24)25-14-8-3-9-15-25/h1-21H. The summed E-state index contributed by atoms with van der Waals surface area (Å²) in [7, 11) is 0. The highest BCUT2D eigenvalue weighted by Crippen LogP contribution is 2.44. The molecule has 0 aliphatic heterocycles. The second-order valence-corrected chi connectivity index (χ2v) is 8.73. The zero-order valence-electron chi connectivity index (χ0n) is 19.7. The first kappa shape index (κ1) is 22.5. The minimum Gasteiger partial charge on any atom is -0.245 e. The molecule has 0 N–H and O–H groups in total. The third-order valence-electron chi connectivity index (χ3n) is 6.66. The molecule has 5 nitrogen and oxygen atoms in total. The van der Waals surface area contributed by atoms with Crippen molar-refractivity contribution in [3.8, 4) is 11.3 Å². The first-order valence-corrected chi connectivity index (χ1v) is 11.9. The van der Waals surface area contributed by atoms with Gasteiger partial charge in [-0.25, -0.2) is 9.67 Å². The van der Waals surface area contributed by atoms with Crippen LogP contribution in [-0.4, -0.2) is 14.8 Å². The monoisotopic (exact) mass is 484 g/mol. The van der Waals surface area contributed by atoms with Crippen molar-refractivity contribution in [1.29, 1.82) is 0 Å². The fraction of sp³-hybridized carbons (Fsp3) is 0.0323. The number of nitroso groups, excluding NO2 is 1. The molecular formula is C31H21FN4O. The van der Waals surface area contributed by atoms with Crippen molar-refractivity contribution < 1.29 is 4.39 Å². The van der Waals surface area contributed by atoms with E-state index in [4.69, 9.17) is 5.10 Å². The molecule has 2 heterocycles. The molecule has 2 aromatic heterocycles. The molecule has 6 aromatic rings. The molecule has 6 rings (SSSR count). The molecule has 0 aliphatic rings. The third-order valence-corrected chi connectivity index (χ3v) is 6.66. The van der Waals surface area contributed by atoms with E-state index in [0.29, 0.717) is 16.6 Å². The summed E-state index contributed by atoms with van der Waals surface area (Å²) in [5.74, 6) is -0.606. The minimum atomic E-state index is -0.873. The smallest absolute Gasteiger partial charge is 0.213 e. The van der Waals surface area contributed by atoms with Gasteiger partial charge in [0, 0.05) is 23.2 Å². The van der Waals surface area contributed by atoms with Gasteiger partial charge in [-0.05, 0) is 46.1 Å². The SMILES string of the molecule is O=Nc1ccc2c(c1)c(-c1ccnc(F)c1)nn2C(c1ccccc1)(c1ccccc1)c1ccccc1. The van der Waals surface area contributed by atoms with Crippen molar-refractivity contribution in [1.82, 2.24) is 14.8 Å². The van der Waals surface area contributed by atoms with E-state index in [1.54, 1.807) is 18.2 Å². The molecule has 6 heteroatoms. The molecular weight excluding hydrogens is 463 g/mol. The molecule has 0 saturated carbocycles. The lowest BCUT2D eigenvalue weighted by molar-refractivity contribution is 0.477. The fourth-order valence-electron chi connectivity index (χ4n) is 5.09. The number of hydrogen-bond acceptors (Lipinski definition) is 4. The normalized spacial score (nSPS) is 11.5. The van der Waals surface area contributed by atoms with Gasteiger partial charge in [-0.2, -0.15) is 9.49 Å². The van der Waals surface area contributed by atoms with Gasteiger partial charge in [0.2, 0.25) is 5.95 Å². The summed E-state index contributed by atoms with van der Waals surface area (Å²) in [4.78, 5) is 15.2. The van der Waals surface area contributed by atoms with Crippen molar-refractivity contribution in [2.75, 3.05) is 0 Å². The van der Waals surface area contributed by atoms with Gasteiger partial charge in [0.1, 0.15) is 16.9 Å². The lowest BCUT2D eigenvalue weighted by atomic mass is 9.77. The number of fused-ring (bicyclic) bond motifs is 1. The van der Waals surface area contributed by atoms with Crippen molar-refractivity contribution in [2.24, 2.45) is 5.18 Å². The summed E-state index contributed by atoms with van der Waals surface area (Å²) in [5, 5.41) is 8.99. The lowest BCUT2D eigenvalue weighted by Crippen LogP contribution is -2.38. The van der Waals surface area contributed by atoms with E-state index in [1.165, 1.54) is 12.3 Å². The molecule has 178 valence electrons. The van der Waals surface area contributed by atoms with Gasteiger partial charge in [-0.15, -0.1) is 4.91 Å². The molecule has 37 heavy (non-hydrogen) atoms. The molecule has 0 atom stereocenters. The highest BCUT2D eigenvalue weighted by Gasteiger charge is 2.41. The topological polar surface area (TPSA) is 60.1 Å². The number of halogens is 1. The Kier molecular flexibility index (Phi) is 5.62. The van der Waals surface area contributed by atoms with Gasteiger partial charge in [-0.3, -0.25) is 0 Å². The van der Waals surface area contributed by atoms with Gasteiger partial charge < -0.3 is 0 Å². The van der Waals surface area contributed by atoms with Crippen LogP contribution in [0.3, 0.4) is 0 Å². The average Bonchev–Trinajstić information content (AvgIpc) is 3.34. The Hall–Kier alpha value is -4.97. The number of pyridine rings is 1. The summed E-state index contributed by atoms with van der Waals surface area (Å²) in [6.07, 6.45) is 1.41. The fourth-order valence-corrected chi connectivity index (χ4v) is 5.09. The van der Waals surface area contributed by atoms with E-state index in [9.17, 15) is 9.30 Å². The Morgan fingerprint density at radius 2 is 1.27 bits per heavy atom. The van der Waals surface area contributed by atoms with Crippen LogP contribution in [0.1, 0.15) is 16.7 Å². The van der Waals surface area contributed by atoms with E-state index in [0.717, 1.165) is 22.2 Å². The first-order valence-electron chi connectivity index (χ1n) is 11.9. The van der Waals surface area contributed by atoms with E-state index < -0.39 is 11.5 Å². The van der Waals surface area contributed by atoms with Crippen LogP contribution < -0.4 is 0 Å². The van der Waals surface area contributed by atoms with Crippen molar-refractivity contribution >= 4 is 16.6 Å². The van der Waals surface area contributed by atoms with Crippen molar-refractivity contribution in [2.45, 2.75) is 5.54 Å². The van der Waals surface area contributed by atoms with Gasteiger partial charge in [-0.1, -0.05) is 91.0 Å². The molecule has 0 aliphatic carbocycles. The Labute approximate surface area is 212 Å². The number of benzene rings is 4. The largest absolute Gasteiger partial charge is 0.245 e. The summed E-state index contributed by atoms with van der Waals surface area (Å²) < 4.78 is 16.2. The van der Waals surface area contributed by atoms with E-state index in [-0.39, 0.29) is 5.69 Å². The number of aromatic nitrogens is 3. The van der Waals surface area contributed by atoms with Crippen LogP contribution >= 0.6 is 0 Å². The predicted molar refractivity (Wildman–Crippen MR) is 143 cm³/mol. The molecule has 0 spiro atoms. The molecule has 0 unspecified atom stereocenters. The van der Waals surface area contributed by atoms with Crippen LogP contribution in [0.4, 0.5) is 10.1 Å². The minimum absolute atomic E-state index is 0.271. The highest BCUT2D eigenvalue weighted by molar-refractivity contribution is 5.95. The first-order chi connectivity index (χ1) is 18.2. The second-order valence-electron chi connectivity index (χ2n) is 8.73. The van der Waals surface area contributed by atoms with Gasteiger partial charge in [0.15, 0.2) is 0 Å². The summed E-state index contributed by atoms with van der Waals surface area (Å²) in [6, 6.07) is 38.8. The Balaban J connectivity index is 1.80. The van der Waals surface area contributed by atoms with Crippen LogP contribution in [0.25, 0.3) is 22.2 Å². The van der Waals surface area contributed by atoms with Crippen LogP contribution in [0, 0.1) is 10.9 Å². The summed E-state index contributed by atoms with van der Waals surface area (Å²) in [6.45, 7) is 0. The molecule has 4 aromatic carbocycles.